The molecular formula is C21H30N2O3. The van der Waals surface area contributed by atoms with E-state index in [1.165, 1.54) is 25.3 Å². The highest BCUT2D eigenvalue weighted by molar-refractivity contribution is 5.83. The van der Waals surface area contributed by atoms with Crippen LogP contribution in [0.3, 0.4) is 0 Å². The third-order valence-corrected chi connectivity index (χ3v) is 4.76. The van der Waals surface area contributed by atoms with Gasteiger partial charge in [0.05, 0.1) is 13.7 Å². The van der Waals surface area contributed by atoms with E-state index < -0.39 is 0 Å². The van der Waals surface area contributed by atoms with E-state index in [4.69, 9.17) is 4.74 Å². The number of carbonyl (C=O) groups is 2. The number of hydrogen-bond acceptors (Lipinski definition) is 3. The minimum atomic E-state index is -0.0914. The highest BCUT2D eigenvalue weighted by Gasteiger charge is 2.13. The topological polar surface area (TPSA) is 58.6 Å². The SMILES string of the molecule is COc1ccc(CCN(CC(=O)NCCC2=CCCCC2)C(C)=O)cc1. The van der Waals surface area contributed by atoms with Crippen LogP contribution < -0.4 is 10.1 Å². The average Bonchev–Trinajstić information content (AvgIpc) is 2.66. The summed E-state index contributed by atoms with van der Waals surface area (Å²) < 4.78 is 5.15. The Morgan fingerprint density at radius 2 is 1.92 bits per heavy atom. The van der Waals surface area contributed by atoms with E-state index in [0.29, 0.717) is 19.5 Å². The Morgan fingerprint density at radius 3 is 2.54 bits per heavy atom. The fourth-order valence-corrected chi connectivity index (χ4v) is 3.13. The minimum Gasteiger partial charge on any atom is -0.497 e. The molecule has 26 heavy (non-hydrogen) atoms. The number of benzene rings is 1. The molecule has 0 fully saturated rings. The molecule has 2 amide bonds. The van der Waals surface area contributed by atoms with Crippen LogP contribution in [0.1, 0.15) is 44.6 Å². The van der Waals surface area contributed by atoms with Crippen LogP contribution >= 0.6 is 0 Å². The van der Waals surface area contributed by atoms with E-state index in [9.17, 15) is 9.59 Å². The highest BCUT2D eigenvalue weighted by Crippen LogP contribution is 2.19. The lowest BCUT2D eigenvalue weighted by Crippen LogP contribution is -2.41. The molecule has 0 aromatic heterocycles. The molecule has 5 heteroatoms. The first-order chi connectivity index (χ1) is 12.6. The van der Waals surface area contributed by atoms with Gasteiger partial charge in [-0.3, -0.25) is 9.59 Å². The van der Waals surface area contributed by atoms with Gasteiger partial charge in [0.25, 0.3) is 0 Å². The van der Waals surface area contributed by atoms with E-state index in [0.717, 1.165) is 30.6 Å². The van der Waals surface area contributed by atoms with E-state index in [2.05, 4.69) is 11.4 Å². The third kappa shape index (κ3) is 6.90. The monoisotopic (exact) mass is 358 g/mol. The number of hydrogen-bond donors (Lipinski definition) is 1. The molecule has 0 spiro atoms. The van der Waals surface area contributed by atoms with Crippen molar-refractivity contribution in [1.82, 2.24) is 10.2 Å². The molecule has 0 atom stereocenters. The molecule has 1 aliphatic rings. The second-order valence-corrected chi connectivity index (χ2v) is 6.75. The largest absolute Gasteiger partial charge is 0.497 e. The molecule has 1 aromatic rings. The number of amides is 2. The number of carbonyl (C=O) groups excluding carboxylic acids is 2. The van der Waals surface area contributed by atoms with Gasteiger partial charge < -0.3 is 15.0 Å². The summed E-state index contributed by atoms with van der Waals surface area (Å²) in [6.07, 6.45) is 8.76. The van der Waals surface area contributed by atoms with Gasteiger partial charge in [0.2, 0.25) is 11.8 Å². The first kappa shape index (κ1) is 20.0. The van der Waals surface area contributed by atoms with Crippen molar-refractivity contribution in [3.05, 3.63) is 41.5 Å². The third-order valence-electron chi connectivity index (χ3n) is 4.76. The fraction of sp³-hybridized carbons (Fsp3) is 0.524. The van der Waals surface area contributed by atoms with Gasteiger partial charge in [-0.25, -0.2) is 0 Å². The molecule has 0 saturated heterocycles. The molecule has 0 bridgehead atoms. The summed E-state index contributed by atoms with van der Waals surface area (Å²) >= 11 is 0. The Hall–Kier alpha value is -2.30. The fourth-order valence-electron chi connectivity index (χ4n) is 3.13. The summed E-state index contributed by atoms with van der Waals surface area (Å²) in [7, 11) is 1.63. The molecule has 1 N–H and O–H groups in total. The van der Waals surface area contributed by atoms with Crippen LogP contribution in [0.2, 0.25) is 0 Å². The van der Waals surface area contributed by atoms with Crippen molar-refractivity contribution in [3.63, 3.8) is 0 Å². The molecule has 1 aromatic carbocycles. The van der Waals surface area contributed by atoms with E-state index in [1.807, 2.05) is 24.3 Å². The molecule has 5 nitrogen and oxygen atoms in total. The van der Waals surface area contributed by atoms with Gasteiger partial charge in [-0.05, 0) is 56.2 Å². The number of methoxy groups -OCH3 is 1. The molecule has 1 aliphatic carbocycles. The smallest absolute Gasteiger partial charge is 0.239 e. The van der Waals surface area contributed by atoms with Crippen LogP contribution in [0.15, 0.2) is 35.9 Å². The second kappa shape index (κ2) is 10.6. The highest BCUT2D eigenvalue weighted by atomic mass is 16.5. The van der Waals surface area contributed by atoms with Gasteiger partial charge in [-0.1, -0.05) is 23.8 Å². The summed E-state index contributed by atoms with van der Waals surface area (Å²) in [4.78, 5) is 25.6. The molecular weight excluding hydrogens is 328 g/mol. The number of ether oxygens (including phenoxy) is 1. The number of nitrogens with zero attached hydrogens (tertiary/aromatic N) is 1. The Bertz CT molecular complexity index is 623. The van der Waals surface area contributed by atoms with E-state index in [1.54, 1.807) is 12.0 Å². The van der Waals surface area contributed by atoms with Gasteiger partial charge in [-0.15, -0.1) is 0 Å². The van der Waals surface area contributed by atoms with Gasteiger partial charge in [0.1, 0.15) is 5.75 Å². The van der Waals surface area contributed by atoms with Crippen LogP contribution in [-0.2, 0) is 16.0 Å². The van der Waals surface area contributed by atoms with Crippen molar-refractivity contribution in [2.45, 2.75) is 45.4 Å². The van der Waals surface area contributed by atoms with Crippen molar-refractivity contribution in [2.24, 2.45) is 0 Å². The lowest BCUT2D eigenvalue weighted by molar-refractivity contribution is -0.134. The van der Waals surface area contributed by atoms with E-state index >= 15 is 0 Å². The zero-order valence-corrected chi connectivity index (χ0v) is 15.9. The minimum absolute atomic E-state index is 0.0800. The maximum absolute atomic E-state index is 12.2. The zero-order valence-electron chi connectivity index (χ0n) is 15.9. The molecule has 0 saturated carbocycles. The van der Waals surface area contributed by atoms with Crippen molar-refractivity contribution in [2.75, 3.05) is 26.7 Å². The van der Waals surface area contributed by atoms with Crippen LogP contribution in [0.4, 0.5) is 0 Å². The Labute approximate surface area is 156 Å². The molecule has 0 aliphatic heterocycles. The van der Waals surface area contributed by atoms with Crippen LogP contribution in [0, 0.1) is 0 Å². The summed E-state index contributed by atoms with van der Waals surface area (Å²) in [5.74, 6) is 0.639. The molecule has 2 rings (SSSR count). The van der Waals surface area contributed by atoms with Gasteiger partial charge in [0, 0.05) is 20.0 Å². The van der Waals surface area contributed by atoms with Crippen LogP contribution in [0.25, 0.3) is 0 Å². The Balaban J connectivity index is 1.74. The predicted octanol–water partition coefficient (Wildman–Crippen LogP) is 3.09. The number of rotatable bonds is 9. The first-order valence-electron chi connectivity index (χ1n) is 9.41. The lowest BCUT2D eigenvalue weighted by Gasteiger charge is -2.21. The standard InChI is InChI=1S/C21H30N2O3/c1-17(24)23(15-13-19-8-10-20(26-2)11-9-19)16-21(25)22-14-12-18-6-4-3-5-7-18/h6,8-11H,3-5,7,12-16H2,1-2H3,(H,22,25). The van der Waals surface area contributed by atoms with Gasteiger partial charge in [-0.2, -0.15) is 0 Å². The summed E-state index contributed by atoms with van der Waals surface area (Å²) in [5.41, 5.74) is 2.56. The first-order valence-corrected chi connectivity index (χ1v) is 9.41. The lowest BCUT2D eigenvalue weighted by atomic mass is 9.97. The van der Waals surface area contributed by atoms with Crippen molar-refractivity contribution in [3.8, 4) is 5.75 Å². The summed E-state index contributed by atoms with van der Waals surface area (Å²) in [6.45, 7) is 2.80. The van der Waals surface area contributed by atoms with Crippen molar-refractivity contribution < 1.29 is 14.3 Å². The average molecular weight is 358 g/mol. The molecule has 142 valence electrons. The van der Waals surface area contributed by atoms with Crippen molar-refractivity contribution in [1.29, 1.82) is 0 Å². The summed E-state index contributed by atoms with van der Waals surface area (Å²) in [5, 5.41) is 2.94. The summed E-state index contributed by atoms with van der Waals surface area (Å²) in [6, 6.07) is 7.77. The molecule has 0 radical (unpaired) electrons. The maximum atomic E-state index is 12.2. The predicted molar refractivity (Wildman–Crippen MR) is 103 cm³/mol. The number of nitrogens with one attached hydrogen (secondary N) is 1. The van der Waals surface area contributed by atoms with E-state index in [-0.39, 0.29) is 18.4 Å². The van der Waals surface area contributed by atoms with Crippen LogP contribution in [-0.4, -0.2) is 43.5 Å². The van der Waals surface area contributed by atoms with Crippen LogP contribution in [0.5, 0.6) is 5.75 Å². The second-order valence-electron chi connectivity index (χ2n) is 6.75. The quantitative estimate of drug-likeness (QED) is 0.690. The molecule has 0 heterocycles. The zero-order chi connectivity index (χ0) is 18.8. The molecule has 0 unspecified atom stereocenters. The Morgan fingerprint density at radius 1 is 1.15 bits per heavy atom. The van der Waals surface area contributed by atoms with Crippen molar-refractivity contribution >= 4 is 11.8 Å². The normalized spacial score (nSPS) is 13.7. The Kier molecular flexibility index (Phi) is 8.19. The maximum Gasteiger partial charge on any atom is 0.239 e. The van der Waals surface area contributed by atoms with Gasteiger partial charge >= 0.3 is 0 Å². The van der Waals surface area contributed by atoms with Gasteiger partial charge in [0.15, 0.2) is 0 Å². The number of allylic oxidation sites excluding steroid dienone is 1.